The van der Waals surface area contributed by atoms with E-state index in [0.717, 1.165) is 29.9 Å². The molecule has 0 unspecified atom stereocenters. The molecule has 0 bridgehead atoms. The first-order chi connectivity index (χ1) is 12.5. The molecule has 26 heavy (non-hydrogen) atoms. The Kier molecular flexibility index (Phi) is 6.69. The number of amides is 1. The first kappa shape index (κ1) is 19.8. The number of nitrogens with one attached hydrogen (secondary N) is 1. The fourth-order valence-electron chi connectivity index (χ4n) is 2.93. The maximum absolute atomic E-state index is 12.6. The van der Waals surface area contributed by atoms with E-state index in [4.69, 9.17) is 0 Å². The van der Waals surface area contributed by atoms with Crippen molar-refractivity contribution < 1.29 is 4.79 Å². The summed E-state index contributed by atoms with van der Waals surface area (Å²) in [6.45, 7) is 10.0. The first-order valence-electron chi connectivity index (χ1n) is 9.07. The molecule has 1 saturated heterocycles. The van der Waals surface area contributed by atoms with Crippen LogP contribution in [0, 0.1) is 13.8 Å². The van der Waals surface area contributed by atoms with Crippen molar-refractivity contribution in [1.29, 1.82) is 0 Å². The summed E-state index contributed by atoms with van der Waals surface area (Å²) in [5.74, 6) is 0.0588. The summed E-state index contributed by atoms with van der Waals surface area (Å²) in [6.07, 6.45) is 0.588. The molecular weight excluding hydrogens is 328 g/mol. The molecule has 1 fully saturated rings. The van der Waals surface area contributed by atoms with E-state index < -0.39 is 0 Å². The van der Waals surface area contributed by atoms with E-state index in [0.29, 0.717) is 24.2 Å². The van der Waals surface area contributed by atoms with Gasteiger partial charge in [0, 0.05) is 30.6 Å². The molecule has 0 saturated carbocycles. The highest BCUT2D eigenvalue weighted by atomic mass is 16.2. The van der Waals surface area contributed by atoms with Crippen LogP contribution in [0.25, 0.3) is 0 Å². The van der Waals surface area contributed by atoms with Crippen molar-refractivity contribution in [2.24, 2.45) is 0 Å². The Bertz CT molecular complexity index is 829. The van der Waals surface area contributed by atoms with Gasteiger partial charge >= 0.3 is 0 Å². The highest BCUT2D eigenvalue weighted by Gasteiger charge is 2.22. The van der Waals surface area contributed by atoms with Crippen LogP contribution in [0.4, 0.5) is 0 Å². The van der Waals surface area contributed by atoms with Crippen LogP contribution in [0.3, 0.4) is 0 Å². The second kappa shape index (κ2) is 8.76. The third kappa shape index (κ3) is 4.38. The van der Waals surface area contributed by atoms with Crippen LogP contribution in [0.5, 0.6) is 0 Å². The second-order valence-electron chi connectivity index (χ2n) is 6.42. The largest absolute Gasteiger partial charge is 0.324 e. The van der Waals surface area contributed by atoms with E-state index in [1.165, 1.54) is 0 Å². The molecule has 140 valence electrons. The molecule has 6 heteroatoms. The number of nitrogens with zero attached hydrogens (tertiary/aromatic N) is 3. The first-order valence-corrected chi connectivity index (χ1v) is 9.07. The zero-order valence-electron chi connectivity index (χ0n) is 16.3. The van der Waals surface area contributed by atoms with Crippen LogP contribution < -0.4 is 5.56 Å². The molecule has 1 aliphatic heterocycles. The summed E-state index contributed by atoms with van der Waals surface area (Å²) in [7, 11) is 2.01. The Balaban J connectivity index is 0.00000117. The van der Waals surface area contributed by atoms with E-state index in [-0.39, 0.29) is 11.5 Å². The normalized spacial score (nSPS) is 14.1. The van der Waals surface area contributed by atoms with Crippen molar-refractivity contribution in [3.05, 3.63) is 62.6 Å². The zero-order valence-corrected chi connectivity index (χ0v) is 16.3. The average Bonchev–Trinajstić information content (AvgIpc) is 3.10. The summed E-state index contributed by atoms with van der Waals surface area (Å²) >= 11 is 0. The Hall–Kier alpha value is -2.47. The maximum Gasteiger partial charge on any atom is 0.267 e. The zero-order chi connectivity index (χ0) is 19.3. The van der Waals surface area contributed by atoms with Gasteiger partial charge in [-0.1, -0.05) is 26.0 Å². The molecule has 0 spiro atoms. The summed E-state index contributed by atoms with van der Waals surface area (Å²) in [5.41, 5.74) is 3.97. The van der Waals surface area contributed by atoms with E-state index in [2.05, 4.69) is 15.1 Å². The second-order valence-corrected chi connectivity index (χ2v) is 6.42. The van der Waals surface area contributed by atoms with Gasteiger partial charge in [0.25, 0.3) is 11.5 Å². The molecule has 1 aliphatic rings. The highest BCUT2D eigenvalue weighted by molar-refractivity contribution is 5.94. The van der Waals surface area contributed by atoms with Gasteiger partial charge < -0.3 is 4.90 Å². The van der Waals surface area contributed by atoms with E-state index in [9.17, 15) is 9.59 Å². The number of aromatic nitrogens is 2. The van der Waals surface area contributed by atoms with Gasteiger partial charge in [-0.25, -0.2) is 5.10 Å². The van der Waals surface area contributed by atoms with Gasteiger partial charge in [-0.15, -0.1) is 0 Å². The molecule has 6 nitrogen and oxygen atoms in total. The van der Waals surface area contributed by atoms with Crippen molar-refractivity contribution in [3.63, 3.8) is 0 Å². The predicted octanol–water partition coefficient (Wildman–Crippen LogP) is 2.35. The van der Waals surface area contributed by atoms with Gasteiger partial charge in [0.15, 0.2) is 0 Å². The highest BCUT2D eigenvalue weighted by Crippen LogP contribution is 2.16. The number of H-pyrrole nitrogens is 1. The van der Waals surface area contributed by atoms with Gasteiger partial charge in [-0.05, 0) is 44.2 Å². The minimum atomic E-state index is -0.154. The van der Waals surface area contributed by atoms with Gasteiger partial charge in [0.05, 0.1) is 12.4 Å². The number of hydrogen-bond donors (Lipinski definition) is 1. The molecule has 0 radical (unpaired) electrons. The van der Waals surface area contributed by atoms with E-state index >= 15 is 0 Å². The third-order valence-corrected chi connectivity index (χ3v) is 4.62. The van der Waals surface area contributed by atoms with Crippen LogP contribution in [-0.2, 0) is 6.42 Å². The SMILES string of the molecule is CC.Cc1c(Cc2cccc(C(=O)N3CCN(C)C3)c2)n[nH]c(=O)c1C. The van der Waals surface area contributed by atoms with Crippen LogP contribution in [-0.4, -0.2) is 52.7 Å². The van der Waals surface area contributed by atoms with Crippen molar-refractivity contribution in [1.82, 2.24) is 20.0 Å². The van der Waals surface area contributed by atoms with Gasteiger partial charge in [-0.2, -0.15) is 5.10 Å². The van der Waals surface area contributed by atoms with E-state index in [1.54, 1.807) is 6.92 Å². The number of aromatic amines is 1. The van der Waals surface area contributed by atoms with E-state index in [1.807, 2.05) is 57.0 Å². The Labute approximate surface area is 154 Å². The Morgan fingerprint density at radius 1 is 1.19 bits per heavy atom. The van der Waals surface area contributed by atoms with Crippen molar-refractivity contribution >= 4 is 5.91 Å². The summed E-state index contributed by atoms with van der Waals surface area (Å²) in [5, 5.41) is 6.69. The third-order valence-electron chi connectivity index (χ3n) is 4.62. The molecule has 1 N–H and O–H groups in total. The summed E-state index contributed by atoms with van der Waals surface area (Å²) in [4.78, 5) is 28.2. The number of rotatable bonds is 3. The predicted molar refractivity (Wildman–Crippen MR) is 103 cm³/mol. The fourth-order valence-corrected chi connectivity index (χ4v) is 2.93. The fraction of sp³-hybridized carbons (Fsp3) is 0.450. The lowest BCUT2D eigenvalue weighted by molar-refractivity contribution is 0.0771. The standard InChI is InChI=1S/C18H22N4O2.C2H6/c1-12-13(2)17(23)20-19-16(12)10-14-5-4-6-15(9-14)18(24)22-8-7-21(3)11-22;1-2/h4-6,9H,7-8,10-11H2,1-3H3,(H,20,23);1-2H3. The smallest absolute Gasteiger partial charge is 0.267 e. The van der Waals surface area contributed by atoms with Gasteiger partial charge in [0.1, 0.15) is 0 Å². The van der Waals surface area contributed by atoms with Crippen molar-refractivity contribution in [2.45, 2.75) is 34.1 Å². The van der Waals surface area contributed by atoms with Crippen molar-refractivity contribution in [3.8, 4) is 0 Å². The van der Waals surface area contributed by atoms with Gasteiger partial charge in [0.2, 0.25) is 0 Å². The van der Waals surface area contributed by atoms with Crippen LogP contribution in [0.1, 0.15) is 46.6 Å². The molecule has 2 aromatic rings. The molecule has 3 rings (SSSR count). The summed E-state index contributed by atoms with van der Waals surface area (Å²) in [6, 6.07) is 7.65. The molecule has 1 aromatic carbocycles. The number of carbonyl (C=O) groups is 1. The maximum atomic E-state index is 12.6. The lowest BCUT2D eigenvalue weighted by Gasteiger charge is -2.16. The molecule has 2 heterocycles. The average molecular weight is 356 g/mol. The lowest BCUT2D eigenvalue weighted by Crippen LogP contribution is -2.30. The minimum Gasteiger partial charge on any atom is -0.324 e. The number of likely N-dealkylation sites (N-methyl/N-ethyl adjacent to an activating group) is 1. The summed E-state index contributed by atoms with van der Waals surface area (Å²) < 4.78 is 0. The van der Waals surface area contributed by atoms with Crippen LogP contribution in [0.2, 0.25) is 0 Å². The number of hydrogen-bond acceptors (Lipinski definition) is 4. The molecule has 0 atom stereocenters. The lowest BCUT2D eigenvalue weighted by atomic mass is 10.0. The molecule has 0 aliphatic carbocycles. The molecule has 1 aromatic heterocycles. The van der Waals surface area contributed by atoms with Crippen LogP contribution in [0.15, 0.2) is 29.1 Å². The minimum absolute atomic E-state index is 0.0588. The van der Waals surface area contributed by atoms with Gasteiger partial charge in [-0.3, -0.25) is 14.5 Å². The quantitative estimate of drug-likeness (QED) is 0.916. The molecule has 1 amide bonds. The monoisotopic (exact) mass is 356 g/mol. The Morgan fingerprint density at radius 3 is 2.58 bits per heavy atom. The number of carbonyl (C=O) groups excluding carboxylic acids is 1. The molecular formula is C20H28N4O2. The van der Waals surface area contributed by atoms with Crippen LogP contribution >= 0.6 is 0 Å². The van der Waals surface area contributed by atoms with Crippen molar-refractivity contribution in [2.75, 3.05) is 26.8 Å². The Morgan fingerprint density at radius 2 is 1.92 bits per heavy atom. The topological polar surface area (TPSA) is 69.3 Å². The number of benzene rings is 1.